The van der Waals surface area contributed by atoms with Crippen molar-refractivity contribution in [2.75, 3.05) is 13.7 Å². The number of benzene rings is 2. The predicted molar refractivity (Wildman–Crippen MR) is 111 cm³/mol. The van der Waals surface area contributed by atoms with E-state index in [0.717, 1.165) is 11.3 Å². The lowest BCUT2D eigenvalue weighted by Gasteiger charge is -2.09. The topological polar surface area (TPSA) is 85.2 Å². The monoisotopic (exact) mass is 392 g/mol. The van der Waals surface area contributed by atoms with E-state index in [2.05, 4.69) is 15.7 Å². The van der Waals surface area contributed by atoms with E-state index >= 15 is 0 Å². The summed E-state index contributed by atoms with van der Waals surface area (Å²) in [6, 6.07) is 16.9. The molecule has 0 atom stereocenters. The Labute approximate surface area is 169 Å². The zero-order chi connectivity index (χ0) is 20.8. The minimum atomic E-state index is -0.364. The van der Waals surface area contributed by atoms with Gasteiger partial charge in [0.1, 0.15) is 11.4 Å². The lowest BCUT2D eigenvalue weighted by atomic mass is 10.1. The van der Waals surface area contributed by atoms with Crippen LogP contribution < -0.4 is 15.4 Å². The molecule has 1 heterocycles. The Morgan fingerprint density at radius 2 is 1.76 bits per heavy atom. The van der Waals surface area contributed by atoms with Crippen LogP contribution in [0.2, 0.25) is 0 Å². The minimum Gasteiger partial charge on any atom is -0.497 e. The summed E-state index contributed by atoms with van der Waals surface area (Å²) in [5.74, 6) is 0.110. The number of rotatable bonds is 7. The Bertz CT molecular complexity index is 979. The number of hydrogen-bond donors (Lipinski definition) is 2. The lowest BCUT2D eigenvalue weighted by Crippen LogP contribution is -2.39. The van der Waals surface area contributed by atoms with Crippen molar-refractivity contribution >= 4 is 11.8 Å². The van der Waals surface area contributed by atoms with E-state index in [4.69, 9.17) is 4.74 Å². The molecule has 0 unspecified atom stereocenters. The Kier molecular flexibility index (Phi) is 6.29. The summed E-state index contributed by atoms with van der Waals surface area (Å²) < 4.78 is 6.86. The highest BCUT2D eigenvalue weighted by atomic mass is 16.5. The van der Waals surface area contributed by atoms with Gasteiger partial charge in [0.2, 0.25) is 5.91 Å². The van der Waals surface area contributed by atoms with Crippen molar-refractivity contribution < 1.29 is 14.3 Å². The predicted octanol–water partition coefficient (Wildman–Crippen LogP) is 2.80. The maximum absolute atomic E-state index is 12.8. The highest BCUT2D eigenvalue weighted by Crippen LogP contribution is 2.25. The van der Waals surface area contributed by atoms with Crippen LogP contribution in [0.25, 0.3) is 16.9 Å². The van der Waals surface area contributed by atoms with Gasteiger partial charge in [-0.3, -0.25) is 9.59 Å². The molecule has 0 aliphatic carbocycles. The van der Waals surface area contributed by atoms with E-state index in [0.29, 0.717) is 17.0 Å². The summed E-state index contributed by atoms with van der Waals surface area (Å²) in [5.41, 5.74) is 2.52. The number of carbonyl (C=O) groups is 2. The zero-order valence-electron chi connectivity index (χ0n) is 16.7. The van der Waals surface area contributed by atoms with Crippen LogP contribution in [0.3, 0.4) is 0 Å². The van der Waals surface area contributed by atoms with Crippen molar-refractivity contribution in [1.29, 1.82) is 0 Å². The quantitative estimate of drug-likeness (QED) is 0.647. The number of methoxy groups -OCH3 is 1. The van der Waals surface area contributed by atoms with Crippen molar-refractivity contribution in [2.45, 2.75) is 19.9 Å². The van der Waals surface area contributed by atoms with Gasteiger partial charge in [-0.1, -0.05) is 18.2 Å². The number of aromatic nitrogens is 2. The molecule has 2 aromatic carbocycles. The average molecular weight is 392 g/mol. The third-order valence-electron chi connectivity index (χ3n) is 4.20. The van der Waals surface area contributed by atoms with Crippen molar-refractivity contribution in [3.8, 4) is 22.7 Å². The SMILES string of the molecule is COc1ccc(-c2nn(-c3ccccc3)cc2C(=O)NCC(=O)NC(C)C)cc1. The molecule has 7 heteroatoms. The number of para-hydroxylation sites is 1. The van der Waals surface area contributed by atoms with Crippen molar-refractivity contribution in [3.05, 3.63) is 66.4 Å². The van der Waals surface area contributed by atoms with Crippen molar-refractivity contribution in [2.24, 2.45) is 0 Å². The maximum atomic E-state index is 12.8. The molecule has 150 valence electrons. The number of carbonyl (C=O) groups excluding carboxylic acids is 2. The second-order valence-corrected chi connectivity index (χ2v) is 6.80. The van der Waals surface area contributed by atoms with Gasteiger partial charge in [-0.15, -0.1) is 0 Å². The lowest BCUT2D eigenvalue weighted by molar-refractivity contribution is -0.120. The van der Waals surface area contributed by atoms with Crippen LogP contribution in [0.15, 0.2) is 60.8 Å². The zero-order valence-corrected chi connectivity index (χ0v) is 16.7. The molecule has 0 saturated carbocycles. The molecule has 0 aliphatic rings. The second-order valence-electron chi connectivity index (χ2n) is 6.80. The number of amides is 2. The van der Waals surface area contributed by atoms with Crippen LogP contribution in [-0.2, 0) is 4.79 Å². The van der Waals surface area contributed by atoms with E-state index in [9.17, 15) is 9.59 Å². The third kappa shape index (κ3) is 5.01. The van der Waals surface area contributed by atoms with Gasteiger partial charge >= 0.3 is 0 Å². The molecule has 0 spiro atoms. The third-order valence-corrected chi connectivity index (χ3v) is 4.20. The summed E-state index contributed by atoms with van der Waals surface area (Å²) in [5, 5.41) is 10.0. The van der Waals surface area contributed by atoms with E-state index in [-0.39, 0.29) is 24.4 Å². The number of ether oxygens (including phenoxy) is 1. The van der Waals surface area contributed by atoms with Gasteiger partial charge in [0.05, 0.1) is 24.9 Å². The smallest absolute Gasteiger partial charge is 0.255 e. The molecule has 3 aromatic rings. The van der Waals surface area contributed by atoms with E-state index in [1.54, 1.807) is 18.0 Å². The highest BCUT2D eigenvalue weighted by Gasteiger charge is 2.19. The first kappa shape index (κ1) is 20.1. The minimum absolute atomic E-state index is 0.00935. The molecule has 0 bridgehead atoms. The van der Waals surface area contributed by atoms with Gasteiger partial charge in [0.15, 0.2) is 0 Å². The normalized spacial score (nSPS) is 10.6. The van der Waals surface area contributed by atoms with Gasteiger partial charge in [-0.2, -0.15) is 5.10 Å². The summed E-state index contributed by atoms with van der Waals surface area (Å²) in [6.45, 7) is 3.63. The Hall–Kier alpha value is -3.61. The number of hydrogen-bond acceptors (Lipinski definition) is 4. The van der Waals surface area contributed by atoms with E-state index in [1.807, 2.05) is 68.4 Å². The summed E-state index contributed by atoms with van der Waals surface area (Å²) in [7, 11) is 1.60. The average Bonchev–Trinajstić information content (AvgIpc) is 3.18. The summed E-state index contributed by atoms with van der Waals surface area (Å²) in [6.07, 6.45) is 1.67. The molecular formula is C22H24N4O3. The van der Waals surface area contributed by atoms with Gasteiger partial charge in [0, 0.05) is 17.8 Å². The molecule has 2 amide bonds. The molecule has 29 heavy (non-hydrogen) atoms. The van der Waals surface area contributed by atoms with Gasteiger partial charge in [-0.05, 0) is 50.2 Å². The highest BCUT2D eigenvalue weighted by molar-refractivity contribution is 6.01. The van der Waals surface area contributed by atoms with Gasteiger partial charge in [0.25, 0.3) is 5.91 Å². The molecule has 3 rings (SSSR count). The first-order chi connectivity index (χ1) is 14.0. The van der Waals surface area contributed by atoms with Gasteiger partial charge < -0.3 is 15.4 Å². The van der Waals surface area contributed by atoms with E-state index in [1.165, 1.54) is 0 Å². The molecule has 1 aromatic heterocycles. The molecule has 7 nitrogen and oxygen atoms in total. The van der Waals surface area contributed by atoms with Crippen LogP contribution in [0.4, 0.5) is 0 Å². The molecule has 0 fully saturated rings. The number of nitrogens with zero attached hydrogens (tertiary/aromatic N) is 2. The van der Waals surface area contributed by atoms with Gasteiger partial charge in [-0.25, -0.2) is 4.68 Å². The second kappa shape index (κ2) is 9.05. The molecule has 0 saturated heterocycles. The summed E-state index contributed by atoms with van der Waals surface area (Å²) in [4.78, 5) is 24.7. The molecule has 2 N–H and O–H groups in total. The largest absolute Gasteiger partial charge is 0.497 e. The fraction of sp³-hybridized carbons (Fsp3) is 0.227. The van der Waals surface area contributed by atoms with Crippen molar-refractivity contribution in [3.63, 3.8) is 0 Å². The van der Waals surface area contributed by atoms with Crippen LogP contribution in [-0.4, -0.2) is 41.3 Å². The Morgan fingerprint density at radius 1 is 1.07 bits per heavy atom. The van der Waals surface area contributed by atoms with E-state index < -0.39 is 0 Å². The molecular weight excluding hydrogens is 368 g/mol. The van der Waals surface area contributed by atoms with Crippen LogP contribution in [0.5, 0.6) is 5.75 Å². The maximum Gasteiger partial charge on any atom is 0.255 e. The Balaban J connectivity index is 1.92. The first-order valence-electron chi connectivity index (χ1n) is 9.35. The number of nitrogens with one attached hydrogen (secondary N) is 2. The molecule has 0 aliphatic heterocycles. The first-order valence-corrected chi connectivity index (χ1v) is 9.35. The summed E-state index contributed by atoms with van der Waals surface area (Å²) >= 11 is 0. The van der Waals surface area contributed by atoms with Crippen LogP contribution in [0, 0.1) is 0 Å². The standard InChI is InChI=1S/C22H24N4O3/c1-15(2)24-20(27)13-23-22(28)19-14-26(17-7-5-4-6-8-17)25-21(19)16-9-11-18(29-3)12-10-16/h4-12,14-15H,13H2,1-3H3,(H,23,28)(H,24,27). The van der Waals surface area contributed by atoms with Crippen molar-refractivity contribution in [1.82, 2.24) is 20.4 Å². The van der Waals surface area contributed by atoms with Crippen LogP contribution in [0.1, 0.15) is 24.2 Å². The fourth-order valence-corrected chi connectivity index (χ4v) is 2.84. The van der Waals surface area contributed by atoms with Crippen LogP contribution >= 0.6 is 0 Å². The Morgan fingerprint density at radius 3 is 2.38 bits per heavy atom. The molecule has 0 radical (unpaired) electrons. The fourth-order valence-electron chi connectivity index (χ4n) is 2.84.